The van der Waals surface area contributed by atoms with Crippen molar-refractivity contribution in [2.75, 3.05) is 0 Å². The summed E-state index contributed by atoms with van der Waals surface area (Å²) < 4.78 is 77.7. The Hall–Kier alpha value is -2.05. The van der Waals surface area contributed by atoms with Gasteiger partial charge in [-0.25, -0.2) is 4.57 Å². The SMILES string of the molecule is FC(F)(F)c1cc(C[n+]2ccccc2)cc(C(F)(F)F)c1. The van der Waals surface area contributed by atoms with Gasteiger partial charge in [-0.1, -0.05) is 6.07 Å². The van der Waals surface area contributed by atoms with Gasteiger partial charge in [0.05, 0.1) is 11.1 Å². The Morgan fingerprint density at radius 1 is 0.714 bits per heavy atom. The first-order valence-electron chi connectivity index (χ1n) is 5.89. The van der Waals surface area contributed by atoms with Crippen molar-refractivity contribution in [3.8, 4) is 0 Å². The van der Waals surface area contributed by atoms with Gasteiger partial charge in [0.1, 0.15) is 0 Å². The molecule has 112 valence electrons. The van der Waals surface area contributed by atoms with Crippen LogP contribution in [0.2, 0.25) is 0 Å². The van der Waals surface area contributed by atoms with Gasteiger partial charge in [-0.05, 0) is 18.2 Å². The zero-order valence-corrected chi connectivity index (χ0v) is 10.5. The van der Waals surface area contributed by atoms with Crippen molar-refractivity contribution in [2.45, 2.75) is 18.9 Å². The van der Waals surface area contributed by atoms with Gasteiger partial charge in [0.2, 0.25) is 0 Å². The summed E-state index contributed by atoms with van der Waals surface area (Å²) in [6, 6.07) is 6.56. The van der Waals surface area contributed by atoms with E-state index in [1.54, 1.807) is 30.6 Å². The molecule has 2 rings (SSSR count). The summed E-state index contributed by atoms with van der Waals surface area (Å²) in [6.07, 6.45) is -6.52. The van der Waals surface area contributed by atoms with E-state index in [9.17, 15) is 26.3 Å². The highest BCUT2D eigenvalue weighted by molar-refractivity contribution is 5.33. The lowest BCUT2D eigenvalue weighted by Gasteiger charge is -2.13. The first-order valence-corrected chi connectivity index (χ1v) is 5.89. The molecule has 0 radical (unpaired) electrons. The van der Waals surface area contributed by atoms with E-state index in [0.717, 1.165) is 12.1 Å². The van der Waals surface area contributed by atoms with Crippen LogP contribution in [0.3, 0.4) is 0 Å². The number of benzene rings is 1. The highest BCUT2D eigenvalue weighted by atomic mass is 19.4. The van der Waals surface area contributed by atoms with Crippen LogP contribution in [0.5, 0.6) is 0 Å². The Morgan fingerprint density at radius 3 is 1.62 bits per heavy atom. The van der Waals surface area contributed by atoms with Crippen molar-refractivity contribution in [2.24, 2.45) is 0 Å². The maximum absolute atomic E-state index is 12.7. The van der Waals surface area contributed by atoms with Crippen molar-refractivity contribution in [3.05, 3.63) is 65.5 Å². The van der Waals surface area contributed by atoms with Crippen LogP contribution < -0.4 is 4.57 Å². The summed E-state index contributed by atoms with van der Waals surface area (Å²) in [4.78, 5) is 0. The standard InChI is InChI=1S/C14H10F6N/c15-13(16,17)11-6-10(7-12(8-11)14(18,19)20)9-21-4-2-1-3-5-21/h1-8H,9H2/q+1. The van der Waals surface area contributed by atoms with Crippen LogP contribution in [0.1, 0.15) is 16.7 Å². The summed E-state index contributed by atoms with van der Waals surface area (Å²) in [5, 5.41) is 0. The summed E-state index contributed by atoms with van der Waals surface area (Å²) in [5.74, 6) is 0. The summed E-state index contributed by atoms with van der Waals surface area (Å²) >= 11 is 0. The predicted octanol–water partition coefficient (Wildman–Crippen LogP) is 4.06. The second-order valence-electron chi connectivity index (χ2n) is 4.46. The summed E-state index contributed by atoms with van der Waals surface area (Å²) in [6.45, 7) is -0.0756. The lowest BCUT2D eigenvalue weighted by Crippen LogP contribution is -2.33. The molecule has 0 spiro atoms. The van der Waals surface area contributed by atoms with E-state index >= 15 is 0 Å². The number of nitrogens with zero attached hydrogens (tertiary/aromatic N) is 1. The molecule has 7 heteroatoms. The highest BCUT2D eigenvalue weighted by Crippen LogP contribution is 2.36. The van der Waals surface area contributed by atoms with E-state index in [2.05, 4.69) is 0 Å². The molecule has 0 saturated carbocycles. The molecule has 0 fully saturated rings. The summed E-state index contributed by atoms with van der Waals surface area (Å²) in [5.41, 5.74) is -2.67. The molecule has 2 aromatic rings. The Balaban J connectivity index is 2.45. The molecule has 0 atom stereocenters. The molecule has 0 aliphatic carbocycles. The molecule has 1 heterocycles. The number of hydrogen-bond acceptors (Lipinski definition) is 0. The van der Waals surface area contributed by atoms with Crippen molar-refractivity contribution in [1.82, 2.24) is 0 Å². The largest absolute Gasteiger partial charge is 0.416 e. The van der Waals surface area contributed by atoms with Gasteiger partial charge in [-0.2, -0.15) is 26.3 Å². The minimum absolute atomic E-state index is 0.0617. The molecule has 0 aliphatic rings. The van der Waals surface area contributed by atoms with Crippen molar-refractivity contribution >= 4 is 0 Å². The Morgan fingerprint density at radius 2 is 1.19 bits per heavy atom. The van der Waals surface area contributed by atoms with Crippen LogP contribution in [0.25, 0.3) is 0 Å². The fraction of sp³-hybridized carbons (Fsp3) is 0.214. The van der Waals surface area contributed by atoms with Crippen LogP contribution in [-0.4, -0.2) is 0 Å². The topological polar surface area (TPSA) is 3.88 Å². The number of rotatable bonds is 2. The highest BCUT2D eigenvalue weighted by Gasteiger charge is 2.37. The molecule has 1 aromatic carbocycles. The fourth-order valence-corrected chi connectivity index (χ4v) is 1.86. The quantitative estimate of drug-likeness (QED) is 0.582. The molecule has 0 aliphatic heterocycles. The average molecular weight is 306 g/mol. The van der Waals surface area contributed by atoms with Crippen molar-refractivity contribution in [1.29, 1.82) is 0 Å². The monoisotopic (exact) mass is 306 g/mol. The number of pyridine rings is 1. The molecule has 0 bridgehead atoms. The van der Waals surface area contributed by atoms with E-state index in [0.29, 0.717) is 0 Å². The van der Waals surface area contributed by atoms with E-state index < -0.39 is 23.5 Å². The van der Waals surface area contributed by atoms with Crippen LogP contribution >= 0.6 is 0 Å². The molecule has 1 nitrogen and oxygen atoms in total. The number of aromatic nitrogens is 1. The Kier molecular flexibility index (Phi) is 3.93. The van der Waals surface area contributed by atoms with E-state index in [1.807, 2.05) is 0 Å². The first-order chi connectivity index (χ1) is 9.66. The second kappa shape index (κ2) is 5.38. The van der Waals surface area contributed by atoms with Gasteiger partial charge in [0, 0.05) is 17.7 Å². The van der Waals surface area contributed by atoms with Crippen LogP contribution in [0.4, 0.5) is 26.3 Å². The maximum atomic E-state index is 12.7. The predicted molar refractivity (Wildman–Crippen MR) is 62.2 cm³/mol. The van der Waals surface area contributed by atoms with E-state index in [4.69, 9.17) is 0 Å². The average Bonchev–Trinajstić information content (AvgIpc) is 2.37. The normalized spacial score (nSPS) is 12.5. The van der Waals surface area contributed by atoms with Crippen LogP contribution in [0, 0.1) is 0 Å². The van der Waals surface area contributed by atoms with Gasteiger partial charge < -0.3 is 0 Å². The van der Waals surface area contributed by atoms with Gasteiger partial charge in [0.15, 0.2) is 18.9 Å². The van der Waals surface area contributed by atoms with Crippen LogP contribution in [0.15, 0.2) is 48.8 Å². The lowest BCUT2D eigenvalue weighted by atomic mass is 10.0. The lowest BCUT2D eigenvalue weighted by molar-refractivity contribution is -0.688. The maximum Gasteiger partial charge on any atom is 0.416 e. The van der Waals surface area contributed by atoms with Crippen molar-refractivity contribution < 1.29 is 30.9 Å². The van der Waals surface area contributed by atoms with E-state index in [-0.39, 0.29) is 18.2 Å². The van der Waals surface area contributed by atoms with Crippen LogP contribution in [-0.2, 0) is 18.9 Å². The fourth-order valence-electron chi connectivity index (χ4n) is 1.86. The Labute approximate surface area is 116 Å². The molecular weight excluding hydrogens is 296 g/mol. The third-order valence-electron chi connectivity index (χ3n) is 2.79. The number of hydrogen-bond donors (Lipinski definition) is 0. The second-order valence-corrected chi connectivity index (χ2v) is 4.46. The molecule has 21 heavy (non-hydrogen) atoms. The molecule has 0 amide bonds. The third kappa shape index (κ3) is 3.96. The molecule has 0 saturated heterocycles. The summed E-state index contributed by atoms with van der Waals surface area (Å²) in [7, 11) is 0. The minimum Gasteiger partial charge on any atom is -0.201 e. The van der Waals surface area contributed by atoms with Crippen molar-refractivity contribution in [3.63, 3.8) is 0 Å². The molecular formula is C14H10F6N+. The third-order valence-corrected chi connectivity index (χ3v) is 2.79. The smallest absolute Gasteiger partial charge is 0.201 e. The molecule has 1 aromatic heterocycles. The minimum atomic E-state index is -4.82. The first kappa shape index (κ1) is 15.3. The van der Waals surface area contributed by atoms with Gasteiger partial charge in [-0.3, -0.25) is 0 Å². The number of halogens is 6. The zero-order chi connectivity index (χ0) is 15.7. The molecule has 0 unspecified atom stereocenters. The zero-order valence-electron chi connectivity index (χ0n) is 10.5. The van der Waals surface area contributed by atoms with Gasteiger partial charge in [0.25, 0.3) is 0 Å². The number of alkyl halides is 6. The van der Waals surface area contributed by atoms with E-state index in [1.165, 1.54) is 4.57 Å². The molecule has 0 N–H and O–H groups in total. The van der Waals surface area contributed by atoms with Gasteiger partial charge >= 0.3 is 12.4 Å². The Bertz CT molecular complexity index is 583. The van der Waals surface area contributed by atoms with Gasteiger partial charge in [-0.15, -0.1) is 0 Å².